The highest BCUT2D eigenvalue weighted by atomic mass is 79.9. The highest BCUT2D eigenvalue weighted by molar-refractivity contribution is 9.10. The van der Waals surface area contributed by atoms with Gasteiger partial charge in [0, 0.05) is 10.0 Å². The molecule has 1 heterocycles. The van der Waals surface area contributed by atoms with Crippen molar-refractivity contribution in [3.8, 4) is 12.3 Å². The van der Waals surface area contributed by atoms with Crippen LogP contribution in [0, 0.1) is 12.3 Å². The third-order valence-electron chi connectivity index (χ3n) is 3.62. The van der Waals surface area contributed by atoms with Crippen LogP contribution < -0.4 is 4.80 Å². The van der Waals surface area contributed by atoms with Crippen LogP contribution in [-0.4, -0.2) is 23.6 Å². The number of thiazole rings is 1. The smallest absolute Gasteiger partial charge is 0.337 e. The number of esters is 1. The first-order chi connectivity index (χ1) is 12.5. The molecule has 0 unspecified atom stereocenters. The van der Waals surface area contributed by atoms with Crippen molar-refractivity contribution in [2.45, 2.75) is 6.54 Å². The minimum atomic E-state index is -0.424. The van der Waals surface area contributed by atoms with E-state index in [9.17, 15) is 9.59 Å². The minimum absolute atomic E-state index is 0.266. The van der Waals surface area contributed by atoms with Gasteiger partial charge in [0.2, 0.25) is 0 Å². The topological polar surface area (TPSA) is 60.7 Å². The third-order valence-corrected chi connectivity index (χ3v) is 5.16. The first kappa shape index (κ1) is 18.1. The largest absolute Gasteiger partial charge is 0.465 e. The van der Waals surface area contributed by atoms with E-state index >= 15 is 0 Å². The van der Waals surface area contributed by atoms with Crippen LogP contribution in [-0.2, 0) is 11.3 Å². The molecule has 0 N–H and O–H groups in total. The Bertz CT molecular complexity index is 1120. The Morgan fingerprint density at radius 2 is 2.08 bits per heavy atom. The molecule has 0 aliphatic rings. The molecule has 0 saturated carbocycles. The number of carbonyl (C=O) groups is 2. The van der Waals surface area contributed by atoms with Crippen LogP contribution in [0.25, 0.3) is 10.2 Å². The summed E-state index contributed by atoms with van der Waals surface area (Å²) in [5, 5.41) is 0. The molecule has 3 aromatic rings. The van der Waals surface area contributed by atoms with Crippen molar-refractivity contribution in [2.24, 2.45) is 4.99 Å². The maximum atomic E-state index is 12.5. The molecule has 0 aliphatic carbocycles. The number of fused-ring (bicyclic) bond motifs is 1. The Labute approximate surface area is 162 Å². The number of amides is 1. The van der Waals surface area contributed by atoms with Crippen molar-refractivity contribution in [1.82, 2.24) is 4.57 Å². The molecule has 3 rings (SSSR count). The number of rotatable bonds is 3. The lowest BCUT2D eigenvalue weighted by molar-refractivity contribution is 0.0601. The van der Waals surface area contributed by atoms with Gasteiger partial charge in [-0.05, 0) is 36.4 Å². The third kappa shape index (κ3) is 3.62. The number of nitrogens with zero attached hydrogens (tertiary/aromatic N) is 2. The van der Waals surface area contributed by atoms with Crippen molar-refractivity contribution < 1.29 is 14.3 Å². The van der Waals surface area contributed by atoms with E-state index in [4.69, 9.17) is 11.2 Å². The molecular weight excluding hydrogens is 416 g/mol. The van der Waals surface area contributed by atoms with Crippen LogP contribution >= 0.6 is 27.3 Å². The Morgan fingerprint density at radius 3 is 2.77 bits per heavy atom. The molecule has 2 aromatic carbocycles. The van der Waals surface area contributed by atoms with E-state index in [2.05, 4.69) is 26.8 Å². The van der Waals surface area contributed by atoms with Crippen LogP contribution in [0.15, 0.2) is 51.9 Å². The average molecular weight is 429 g/mol. The van der Waals surface area contributed by atoms with E-state index in [1.165, 1.54) is 18.4 Å². The lowest BCUT2D eigenvalue weighted by Gasteiger charge is -2.01. The first-order valence-electron chi connectivity index (χ1n) is 7.53. The van der Waals surface area contributed by atoms with Crippen LogP contribution in [0.2, 0.25) is 0 Å². The van der Waals surface area contributed by atoms with Crippen LogP contribution in [0.1, 0.15) is 20.7 Å². The fourth-order valence-electron chi connectivity index (χ4n) is 2.42. The van der Waals surface area contributed by atoms with Crippen molar-refractivity contribution >= 4 is 49.4 Å². The quantitative estimate of drug-likeness (QED) is 0.472. The summed E-state index contributed by atoms with van der Waals surface area (Å²) in [4.78, 5) is 28.9. The number of methoxy groups -OCH3 is 1. The van der Waals surface area contributed by atoms with E-state index < -0.39 is 5.97 Å². The molecule has 26 heavy (non-hydrogen) atoms. The fraction of sp³-hybridized carbons (Fsp3) is 0.105. The molecule has 130 valence electrons. The van der Waals surface area contributed by atoms with Crippen LogP contribution in [0.4, 0.5) is 0 Å². The molecule has 0 bridgehead atoms. The molecule has 7 heteroatoms. The zero-order valence-electron chi connectivity index (χ0n) is 13.7. The second-order valence-electron chi connectivity index (χ2n) is 5.28. The van der Waals surface area contributed by atoms with Gasteiger partial charge in [0.25, 0.3) is 5.91 Å². The highest BCUT2D eigenvalue weighted by Crippen LogP contribution is 2.20. The number of ether oxygens (including phenoxy) is 1. The van der Waals surface area contributed by atoms with Gasteiger partial charge in [-0.2, -0.15) is 4.99 Å². The number of halogens is 1. The van der Waals surface area contributed by atoms with Gasteiger partial charge in [-0.3, -0.25) is 4.79 Å². The highest BCUT2D eigenvalue weighted by Gasteiger charge is 2.12. The Kier molecular flexibility index (Phi) is 5.35. The maximum Gasteiger partial charge on any atom is 0.337 e. The van der Waals surface area contributed by atoms with Crippen molar-refractivity contribution in [2.75, 3.05) is 7.11 Å². The van der Waals surface area contributed by atoms with Gasteiger partial charge in [0.05, 0.1) is 29.4 Å². The Morgan fingerprint density at radius 1 is 1.27 bits per heavy atom. The fourth-order valence-corrected chi connectivity index (χ4v) is 3.89. The number of hydrogen-bond donors (Lipinski definition) is 0. The summed E-state index contributed by atoms with van der Waals surface area (Å²) < 4.78 is 8.12. The predicted octanol–water partition coefficient (Wildman–Crippen LogP) is 3.63. The lowest BCUT2D eigenvalue weighted by Crippen LogP contribution is -2.16. The number of aromatic nitrogens is 1. The SMILES string of the molecule is C#CCn1c(=NC(=O)c2cccc(Br)c2)sc2cc(C(=O)OC)ccc21. The number of hydrogen-bond acceptors (Lipinski definition) is 4. The summed E-state index contributed by atoms with van der Waals surface area (Å²) in [6, 6.07) is 12.2. The van der Waals surface area contributed by atoms with Crippen LogP contribution in [0.3, 0.4) is 0 Å². The number of benzene rings is 2. The summed E-state index contributed by atoms with van der Waals surface area (Å²) in [6.45, 7) is 0.266. The van der Waals surface area contributed by atoms with Gasteiger partial charge in [0.15, 0.2) is 4.80 Å². The van der Waals surface area contributed by atoms with E-state index in [-0.39, 0.29) is 12.5 Å². The van der Waals surface area contributed by atoms with Gasteiger partial charge in [-0.25, -0.2) is 4.79 Å². The molecule has 0 aliphatic heterocycles. The first-order valence-corrected chi connectivity index (χ1v) is 9.14. The van der Waals surface area contributed by atoms with Gasteiger partial charge in [0.1, 0.15) is 0 Å². The second kappa shape index (κ2) is 7.68. The van der Waals surface area contributed by atoms with E-state index in [1.807, 2.05) is 6.07 Å². The molecule has 0 fully saturated rings. The molecule has 1 amide bonds. The van der Waals surface area contributed by atoms with Gasteiger partial charge in [-0.15, -0.1) is 6.42 Å². The Balaban J connectivity index is 2.15. The summed E-state index contributed by atoms with van der Waals surface area (Å²) in [7, 11) is 1.33. The molecular formula is C19H13BrN2O3S. The lowest BCUT2D eigenvalue weighted by atomic mass is 10.2. The molecule has 0 spiro atoms. The summed E-state index contributed by atoms with van der Waals surface area (Å²) in [5.41, 5.74) is 1.71. The van der Waals surface area contributed by atoms with Gasteiger partial charge >= 0.3 is 5.97 Å². The van der Waals surface area contributed by atoms with Crippen molar-refractivity contribution in [3.63, 3.8) is 0 Å². The molecule has 1 aromatic heterocycles. The maximum absolute atomic E-state index is 12.5. The van der Waals surface area contributed by atoms with Crippen molar-refractivity contribution in [1.29, 1.82) is 0 Å². The van der Waals surface area contributed by atoms with E-state index in [0.717, 1.165) is 14.7 Å². The Hall–Kier alpha value is -2.69. The molecule has 0 radical (unpaired) electrons. The van der Waals surface area contributed by atoms with Gasteiger partial charge in [-0.1, -0.05) is 39.3 Å². The second-order valence-corrected chi connectivity index (χ2v) is 7.20. The monoisotopic (exact) mass is 428 g/mol. The standard InChI is InChI=1S/C19H13BrN2O3S/c1-3-9-22-15-8-7-13(18(24)25-2)11-16(15)26-19(22)21-17(23)12-5-4-6-14(20)10-12/h1,4-8,10-11H,9H2,2H3. The van der Waals surface area contributed by atoms with Crippen molar-refractivity contribution in [3.05, 3.63) is 62.9 Å². The summed E-state index contributed by atoms with van der Waals surface area (Å²) in [6.07, 6.45) is 5.47. The minimum Gasteiger partial charge on any atom is -0.465 e. The molecule has 5 nitrogen and oxygen atoms in total. The molecule has 0 atom stereocenters. The normalized spacial score (nSPS) is 11.3. The zero-order valence-corrected chi connectivity index (χ0v) is 16.1. The molecule has 0 saturated heterocycles. The summed E-state index contributed by atoms with van der Waals surface area (Å²) in [5.74, 6) is 1.78. The number of carbonyl (C=O) groups excluding carboxylic acids is 2. The number of terminal acetylenes is 1. The van der Waals surface area contributed by atoms with E-state index in [1.54, 1.807) is 41.0 Å². The zero-order chi connectivity index (χ0) is 18.7. The average Bonchev–Trinajstić information content (AvgIpc) is 2.97. The predicted molar refractivity (Wildman–Crippen MR) is 104 cm³/mol. The van der Waals surface area contributed by atoms with E-state index in [0.29, 0.717) is 15.9 Å². The summed E-state index contributed by atoms with van der Waals surface area (Å²) >= 11 is 4.64. The van der Waals surface area contributed by atoms with Crippen LogP contribution in [0.5, 0.6) is 0 Å². The van der Waals surface area contributed by atoms with Gasteiger partial charge < -0.3 is 9.30 Å².